The first-order valence-corrected chi connectivity index (χ1v) is 14.4. The fourth-order valence-corrected chi connectivity index (χ4v) is 4.79. The van der Waals surface area contributed by atoms with Crippen LogP contribution < -0.4 is 20.3 Å². The van der Waals surface area contributed by atoms with Crippen LogP contribution in [-0.4, -0.2) is 67.6 Å². The Balaban J connectivity index is 0.000000179. The van der Waals surface area contributed by atoms with E-state index in [2.05, 4.69) is 41.0 Å². The number of pyridine rings is 1. The van der Waals surface area contributed by atoms with Crippen molar-refractivity contribution < 1.29 is 62.2 Å². The SMILES string of the molecule is COc1cc(C(F)(F)F)ccc1C1=CC=C2NN=C(C(F)(F)F)N2N1.Fc1cc(-c2ccc3nnc(C4CC4(F)F)n3n2)cnc1OCC(F)(F)F. The van der Waals surface area contributed by atoms with Gasteiger partial charge in [-0.05, 0) is 48.6 Å². The van der Waals surface area contributed by atoms with Crippen LogP contribution >= 0.6 is 0 Å². The van der Waals surface area contributed by atoms with Gasteiger partial charge in [-0.15, -0.1) is 15.3 Å². The van der Waals surface area contributed by atoms with E-state index in [4.69, 9.17) is 4.74 Å². The van der Waals surface area contributed by atoms with Crippen LogP contribution in [0.4, 0.5) is 52.7 Å². The Morgan fingerprint density at radius 2 is 1.67 bits per heavy atom. The van der Waals surface area contributed by atoms with Crippen molar-refractivity contribution in [3.8, 4) is 22.9 Å². The van der Waals surface area contributed by atoms with Crippen LogP contribution in [0.1, 0.15) is 29.3 Å². The van der Waals surface area contributed by atoms with Gasteiger partial charge in [0.15, 0.2) is 23.9 Å². The molecule has 0 saturated heterocycles. The van der Waals surface area contributed by atoms with Crippen molar-refractivity contribution in [3.05, 3.63) is 83.3 Å². The maximum atomic E-state index is 14.0. The van der Waals surface area contributed by atoms with Crippen molar-refractivity contribution in [3.63, 3.8) is 0 Å². The third kappa shape index (κ3) is 7.46. The number of ether oxygens (including phenoxy) is 2. The molecule has 1 atom stereocenters. The number of aromatic nitrogens is 5. The number of halogens is 12. The summed E-state index contributed by atoms with van der Waals surface area (Å²) in [6.07, 6.45) is -10.5. The van der Waals surface area contributed by atoms with Gasteiger partial charge in [0.05, 0.1) is 30.0 Å². The molecule has 11 nitrogen and oxygen atoms in total. The quantitative estimate of drug-likeness (QED) is 0.211. The largest absolute Gasteiger partial charge is 0.496 e. The smallest absolute Gasteiger partial charge is 0.453 e. The summed E-state index contributed by atoms with van der Waals surface area (Å²) in [5.41, 5.74) is 4.55. The Hall–Kier alpha value is -5.77. The predicted octanol–water partition coefficient (Wildman–Crippen LogP) is 6.58. The minimum absolute atomic E-state index is 0.0181. The molecular weight excluding hydrogens is 734 g/mol. The molecule has 1 saturated carbocycles. The number of amidine groups is 1. The third-order valence-electron chi connectivity index (χ3n) is 7.34. The number of hydrogen-bond acceptors (Lipinski definition) is 10. The molecule has 3 aliphatic rings. The summed E-state index contributed by atoms with van der Waals surface area (Å²) >= 11 is 0. The van der Waals surface area contributed by atoms with Gasteiger partial charge < -0.3 is 9.47 Å². The number of fused-ring (bicyclic) bond motifs is 2. The molecule has 7 rings (SSSR count). The number of hydrogen-bond donors (Lipinski definition) is 2. The average Bonchev–Trinajstić information content (AvgIpc) is 3.38. The van der Waals surface area contributed by atoms with Gasteiger partial charge in [-0.25, -0.2) is 23.2 Å². The van der Waals surface area contributed by atoms with Crippen LogP contribution in [0.3, 0.4) is 0 Å². The van der Waals surface area contributed by atoms with E-state index in [9.17, 15) is 52.7 Å². The van der Waals surface area contributed by atoms with Crippen molar-refractivity contribution in [2.45, 2.75) is 36.8 Å². The van der Waals surface area contributed by atoms with Gasteiger partial charge in [-0.1, -0.05) is 0 Å². The summed E-state index contributed by atoms with van der Waals surface area (Å²) in [6, 6.07) is 6.49. The van der Waals surface area contributed by atoms with Crippen LogP contribution in [0.15, 0.2) is 65.7 Å². The van der Waals surface area contributed by atoms with Crippen LogP contribution in [0.2, 0.25) is 0 Å². The van der Waals surface area contributed by atoms with Crippen molar-refractivity contribution in [2.24, 2.45) is 5.10 Å². The summed E-state index contributed by atoms with van der Waals surface area (Å²) in [7, 11) is 1.17. The summed E-state index contributed by atoms with van der Waals surface area (Å²) in [5.74, 6) is -7.23. The molecule has 2 aliphatic heterocycles. The number of rotatable bonds is 6. The summed E-state index contributed by atoms with van der Waals surface area (Å²) in [6.45, 7) is -1.68. The lowest BCUT2D eigenvalue weighted by molar-refractivity contribution is -0.154. The molecule has 1 aromatic carbocycles. The highest BCUT2D eigenvalue weighted by Gasteiger charge is 2.60. The third-order valence-corrected chi connectivity index (χ3v) is 7.34. The van der Waals surface area contributed by atoms with E-state index in [1.807, 2.05) is 0 Å². The average molecular weight is 754 g/mol. The Morgan fingerprint density at radius 3 is 2.29 bits per heavy atom. The van der Waals surface area contributed by atoms with E-state index in [-0.39, 0.29) is 52.0 Å². The summed E-state index contributed by atoms with van der Waals surface area (Å²) < 4.78 is 165. The topological polar surface area (TPSA) is 114 Å². The van der Waals surface area contributed by atoms with Gasteiger partial charge in [0.2, 0.25) is 0 Å². The number of methoxy groups -OCH3 is 1. The van der Waals surface area contributed by atoms with Gasteiger partial charge in [0.25, 0.3) is 17.6 Å². The normalized spacial score (nSPS) is 17.9. The summed E-state index contributed by atoms with van der Waals surface area (Å²) in [5, 5.41) is 15.5. The number of hydrazone groups is 1. The van der Waals surface area contributed by atoms with E-state index in [0.29, 0.717) is 5.01 Å². The van der Waals surface area contributed by atoms with Crippen molar-refractivity contribution in [1.29, 1.82) is 0 Å². The molecule has 0 spiro atoms. The van der Waals surface area contributed by atoms with Crippen molar-refractivity contribution >= 4 is 17.2 Å². The van der Waals surface area contributed by atoms with Gasteiger partial charge in [0.1, 0.15) is 11.6 Å². The lowest BCUT2D eigenvalue weighted by atomic mass is 10.1. The van der Waals surface area contributed by atoms with Crippen molar-refractivity contribution in [2.75, 3.05) is 13.7 Å². The van der Waals surface area contributed by atoms with E-state index in [0.717, 1.165) is 35.0 Å². The predicted molar refractivity (Wildman–Crippen MR) is 153 cm³/mol. The molecule has 0 radical (unpaired) electrons. The van der Waals surface area contributed by atoms with Gasteiger partial charge in [0, 0.05) is 23.7 Å². The van der Waals surface area contributed by atoms with Crippen LogP contribution in [0.5, 0.6) is 11.6 Å². The molecule has 1 fully saturated rings. The molecular formula is C29H19F12N9O2. The molecule has 3 aromatic heterocycles. The highest BCUT2D eigenvalue weighted by atomic mass is 19.4. The van der Waals surface area contributed by atoms with Crippen LogP contribution in [-0.2, 0) is 6.18 Å². The monoisotopic (exact) mass is 753 g/mol. The highest BCUT2D eigenvalue weighted by Crippen LogP contribution is 2.55. The van der Waals surface area contributed by atoms with E-state index < -0.39 is 60.1 Å². The lowest BCUT2D eigenvalue weighted by Crippen LogP contribution is -2.46. The fourth-order valence-electron chi connectivity index (χ4n) is 4.79. The standard InChI is InChI=1S/C15H9F6N5O.C14H10F6N4O/c16-9-3-7(5-22-13(9)27-6-15(19,20)21)10-1-2-11-23-24-12(26(11)25-10)8-4-14(8,17)18;1-25-10-6-7(13(15,16)17)2-3-8(10)9-4-5-11-21-22-12(14(18,19)20)24(11)23-9/h1-3,5,8H,4,6H2;2-6,21,23H,1H3. The molecule has 52 heavy (non-hydrogen) atoms. The Kier molecular flexibility index (Phi) is 8.85. The van der Waals surface area contributed by atoms with Crippen molar-refractivity contribution in [1.82, 2.24) is 40.7 Å². The molecule has 5 heterocycles. The molecule has 276 valence electrons. The number of alkyl halides is 11. The highest BCUT2D eigenvalue weighted by molar-refractivity contribution is 5.91. The number of benzene rings is 1. The lowest BCUT2D eigenvalue weighted by Gasteiger charge is -2.28. The number of hydrazine groups is 1. The summed E-state index contributed by atoms with van der Waals surface area (Å²) in [4.78, 5) is 3.52. The maximum Gasteiger partial charge on any atom is 0.453 e. The Labute approximate surface area is 282 Å². The Morgan fingerprint density at radius 1 is 0.942 bits per heavy atom. The van der Waals surface area contributed by atoms with Gasteiger partial charge >= 0.3 is 18.5 Å². The zero-order chi connectivity index (χ0) is 37.8. The number of nitrogens with one attached hydrogen (secondary N) is 2. The first-order valence-electron chi connectivity index (χ1n) is 14.4. The zero-order valence-electron chi connectivity index (χ0n) is 25.7. The molecule has 1 unspecified atom stereocenters. The zero-order valence-corrected chi connectivity index (χ0v) is 25.7. The Bertz CT molecular complexity index is 2110. The molecule has 0 amide bonds. The minimum Gasteiger partial charge on any atom is -0.496 e. The molecule has 0 bridgehead atoms. The van der Waals surface area contributed by atoms with E-state index in [1.54, 1.807) is 0 Å². The first kappa shape index (κ1) is 36.0. The van der Waals surface area contributed by atoms with Gasteiger partial charge in [-0.3, -0.25) is 10.9 Å². The van der Waals surface area contributed by atoms with E-state index in [1.165, 1.54) is 31.4 Å². The number of allylic oxidation sites excluding steroid dienone is 2. The second-order valence-corrected chi connectivity index (χ2v) is 11.0. The molecule has 2 N–H and O–H groups in total. The minimum atomic E-state index is -4.72. The first-order chi connectivity index (χ1) is 24.2. The van der Waals surface area contributed by atoms with E-state index >= 15 is 0 Å². The maximum absolute atomic E-state index is 14.0. The molecule has 4 aromatic rings. The molecule has 1 aliphatic carbocycles. The number of nitrogens with zero attached hydrogens (tertiary/aromatic N) is 7. The second-order valence-electron chi connectivity index (χ2n) is 11.0. The second kappa shape index (κ2) is 12.8. The van der Waals surface area contributed by atoms with Gasteiger partial charge in [-0.2, -0.15) is 49.1 Å². The van der Waals surface area contributed by atoms with Crippen LogP contribution in [0.25, 0.3) is 22.6 Å². The van der Waals surface area contributed by atoms with Crippen LogP contribution in [0, 0.1) is 5.82 Å². The molecule has 23 heteroatoms. The fraction of sp³-hybridized carbons (Fsp3) is 0.276.